The van der Waals surface area contributed by atoms with Gasteiger partial charge < -0.3 is 4.90 Å². The molecule has 4 nitrogen and oxygen atoms in total. The lowest BCUT2D eigenvalue weighted by molar-refractivity contribution is -0.145. The van der Waals surface area contributed by atoms with Crippen molar-refractivity contribution in [1.82, 2.24) is 4.90 Å². The van der Waals surface area contributed by atoms with Gasteiger partial charge in [-0.2, -0.15) is 0 Å². The quantitative estimate of drug-likeness (QED) is 0.462. The fraction of sp³-hybridized carbons (Fsp3) is 0.667. The molecule has 1 saturated heterocycles. The first-order chi connectivity index (χ1) is 6.11. The lowest BCUT2D eigenvalue weighted by atomic mass is 10.2. The summed E-state index contributed by atoms with van der Waals surface area (Å²) in [6.07, 6.45) is 1.66. The third-order valence-electron chi connectivity index (χ3n) is 2.04. The van der Waals surface area contributed by atoms with Gasteiger partial charge in [0.15, 0.2) is 0 Å². The molecule has 4 heteroatoms. The van der Waals surface area contributed by atoms with Gasteiger partial charge in [-0.05, 0) is 19.8 Å². The number of nitrogens with zero attached hydrogens (tertiary/aromatic N) is 1. The summed E-state index contributed by atoms with van der Waals surface area (Å²) in [6, 6.07) is 0. The highest BCUT2D eigenvalue weighted by Gasteiger charge is 2.24. The van der Waals surface area contributed by atoms with E-state index in [0.29, 0.717) is 13.1 Å². The summed E-state index contributed by atoms with van der Waals surface area (Å²) >= 11 is 0. The van der Waals surface area contributed by atoms with E-state index in [1.807, 2.05) is 0 Å². The number of likely N-dealkylation sites (tertiary alicyclic amines) is 1. The second kappa shape index (κ2) is 4.16. The Morgan fingerprint density at radius 1 is 1.15 bits per heavy atom. The van der Waals surface area contributed by atoms with E-state index in [1.54, 1.807) is 0 Å². The van der Waals surface area contributed by atoms with Gasteiger partial charge in [0.05, 0.1) is 6.42 Å². The molecule has 0 spiro atoms. The Kier molecular flexibility index (Phi) is 3.17. The third kappa shape index (κ3) is 2.65. The van der Waals surface area contributed by atoms with Crippen molar-refractivity contribution in [1.29, 1.82) is 0 Å². The van der Waals surface area contributed by atoms with E-state index in [2.05, 4.69) is 0 Å². The fourth-order valence-electron chi connectivity index (χ4n) is 1.40. The molecule has 1 aliphatic heterocycles. The molecule has 1 fully saturated rings. The number of carbonyl (C=O) groups is 3. The maximum atomic E-state index is 11.3. The highest BCUT2D eigenvalue weighted by molar-refractivity contribution is 6.39. The Morgan fingerprint density at radius 2 is 1.69 bits per heavy atom. The zero-order chi connectivity index (χ0) is 9.84. The van der Waals surface area contributed by atoms with Gasteiger partial charge in [-0.25, -0.2) is 0 Å². The molecule has 1 rings (SSSR count). The minimum absolute atomic E-state index is 0.252. The van der Waals surface area contributed by atoms with Crippen molar-refractivity contribution in [3.05, 3.63) is 0 Å². The summed E-state index contributed by atoms with van der Waals surface area (Å²) in [5.74, 6) is -1.32. The monoisotopic (exact) mass is 183 g/mol. The van der Waals surface area contributed by atoms with E-state index >= 15 is 0 Å². The smallest absolute Gasteiger partial charge is 0.290 e. The zero-order valence-electron chi connectivity index (χ0n) is 7.71. The summed E-state index contributed by atoms with van der Waals surface area (Å²) in [5, 5.41) is 0. The third-order valence-corrected chi connectivity index (χ3v) is 2.04. The van der Waals surface area contributed by atoms with Crippen molar-refractivity contribution in [2.75, 3.05) is 13.1 Å². The number of amides is 1. The molecule has 0 atom stereocenters. The van der Waals surface area contributed by atoms with Gasteiger partial charge in [0.25, 0.3) is 5.91 Å². The predicted molar refractivity (Wildman–Crippen MR) is 46.1 cm³/mol. The van der Waals surface area contributed by atoms with E-state index in [9.17, 15) is 14.4 Å². The molecule has 0 unspecified atom stereocenters. The topological polar surface area (TPSA) is 54.5 Å². The first-order valence-electron chi connectivity index (χ1n) is 4.43. The lowest BCUT2D eigenvalue weighted by Gasteiger charge is -2.12. The van der Waals surface area contributed by atoms with E-state index in [4.69, 9.17) is 0 Å². The SMILES string of the molecule is CC(=O)CC(=O)C(=O)N1CCCC1. The maximum Gasteiger partial charge on any atom is 0.290 e. The summed E-state index contributed by atoms with van der Waals surface area (Å²) < 4.78 is 0. The Balaban J connectivity index is 2.46. The van der Waals surface area contributed by atoms with Gasteiger partial charge in [0.1, 0.15) is 5.78 Å². The molecule has 0 aromatic heterocycles. The molecule has 0 aromatic carbocycles. The van der Waals surface area contributed by atoms with Crippen LogP contribution in [0, 0.1) is 0 Å². The van der Waals surface area contributed by atoms with Gasteiger partial charge >= 0.3 is 0 Å². The molecular weight excluding hydrogens is 170 g/mol. The van der Waals surface area contributed by atoms with E-state index in [1.165, 1.54) is 11.8 Å². The number of ketones is 2. The first-order valence-corrected chi connectivity index (χ1v) is 4.43. The van der Waals surface area contributed by atoms with Gasteiger partial charge in [-0.1, -0.05) is 0 Å². The number of rotatable bonds is 3. The van der Waals surface area contributed by atoms with Crippen LogP contribution in [-0.2, 0) is 14.4 Å². The van der Waals surface area contributed by atoms with Crippen LogP contribution in [0.15, 0.2) is 0 Å². The molecule has 1 aliphatic rings. The van der Waals surface area contributed by atoms with Crippen LogP contribution < -0.4 is 0 Å². The number of Topliss-reactive ketones (excluding diaryl/α,β-unsaturated/α-hetero) is 2. The van der Waals surface area contributed by atoms with Gasteiger partial charge in [0, 0.05) is 13.1 Å². The van der Waals surface area contributed by atoms with E-state index in [0.717, 1.165) is 12.8 Å². The summed E-state index contributed by atoms with van der Waals surface area (Å²) in [4.78, 5) is 34.5. The van der Waals surface area contributed by atoms with Gasteiger partial charge in [-0.3, -0.25) is 14.4 Å². The average molecular weight is 183 g/mol. The molecule has 0 aromatic rings. The molecule has 0 bridgehead atoms. The molecule has 13 heavy (non-hydrogen) atoms. The van der Waals surface area contributed by atoms with Crippen molar-refractivity contribution in [3.63, 3.8) is 0 Å². The van der Waals surface area contributed by atoms with Crippen LogP contribution in [0.2, 0.25) is 0 Å². The first kappa shape index (κ1) is 9.89. The summed E-state index contributed by atoms with van der Waals surface area (Å²) in [5.41, 5.74) is 0. The second-order valence-electron chi connectivity index (χ2n) is 3.30. The van der Waals surface area contributed by atoms with E-state index in [-0.39, 0.29) is 12.2 Å². The molecule has 1 heterocycles. The van der Waals surface area contributed by atoms with Crippen molar-refractivity contribution in [3.8, 4) is 0 Å². The van der Waals surface area contributed by atoms with Crippen LogP contribution in [0.25, 0.3) is 0 Å². The molecule has 72 valence electrons. The highest BCUT2D eigenvalue weighted by Crippen LogP contribution is 2.08. The van der Waals surface area contributed by atoms with Crippen LogP contribution in [0.5, 0.6) is 0 Å². The van der Waals surface area contributed by atoms with E-state index < -0.39 is 11.7 Å². The van der Waals surface area contributed by atoms with Crippen molar-refractivity contribution in [2.24, 2.45) is 0 Å². The molecule has 0 N–H and O–H groups in total. The maximum absolute atomic E-state index is 11.3. The van der Waals surface area contributed by atoms with Crippen LogP contribution in [0.3, 0.4) is 0 Å². The molecule has 0 radical (unpaired) electrons. The molecule has 1 amide bonds. The van der Waals surface area contributed by atoms with Crippen molar-refractivity contribution in [2.45, 2.75) is 26.2 Å². The standard InChI is InChI=1S/C9H13NO3/c1-7(11)6-8(12)9(13)10-4-2-3-5-10/h2-6H2,1H3. The van der Waals surface area contributed by atoms with Crippen LogP contribution in [0.1, 0.15) is 26.2 Å². The fourth-order valence-corrected chi connectivity index (χ4v) is 1.40. The largest absolute Gasteiger partial charge is 0.336 e. The Hall–Kier alpha value is -1.19. The van der Waals surface area contributed by atoms with Gasteiger partial charge in [0.2, 0.25) is 5.78 Å². The molecular formula is C9H13NO3. The Morgan fingerprint density at radius 3 is 2.15 bits per heavy atom. The lowest BCUT2D eigenvalue weighted by Crippen LogP contribution is -2.34. The summed E-state index contributed by atoms with van der Waals surface area (Å²) in [6.45, 7) is 2.63. The summed E-state index contributed by atoms with van der Waals surface area (Å²) in [7, 11) is 0. The Bertz CT molecular complexity index is 241. The van der Waals surface area contributed by atoms with Crippen molar-refractivity contribution >= 4 is 17.5 Å². The van der Waals surface area contributed by atoms with Crippen LogP contribution >= 0.6 is 0 Å². The zero-order valence-corrected chi connectivity index (χ0v) is 7.71. The second-order valence-corrected chi connectivity index (χ2v) is 3.30. The van der Waals surface area contributed by atoms with Gasteiger partial charge in [-0.15, -0.1) is 0 Å². The number of hydrogen-bond acceptors (Lipinski definition) is 3. The Labute approximate surface area is 76.9 Å². The van der Waals surface area contributed by atoms with Crippen LogP contribution in [-0.4, -0.2) is 35.5 Å². The highest BCUT2D eigenvalue weighted by atomic mass is 16.2. The van der Waals surface area contributed by atoms with Crippen molar-refractivity contribution < 1.29 is 14.4 Å². The molecule has 0 saturated carbocycles. The average Bonchev–Trinajstić information content (AvgIpc) is 2.53. The minimum atomic E-state index is -0.575. The normalized spacial score (nSPS) is 15.9. The minimum Gasteiger partial charge on any atom is -0.336 e. The number of hydrogen-bond donors (Lipinski definition) is 0. The number of carbonyl (C=O) groups excluding carboxylic acids is 3. The predicted octanol–water partition coefficient (Wildman–Crippen LogP) is 0.157. The molecule has 0 aliphatic carbocycles. The van der Waals surface area contributed by atoms with Crippen LogP contribution in [0.4, 0.5) is 0 Å².